The SMILES string of the molecule is Clc1ccc(P(I)(c2ccc(Cl)cc2)(c2ccc(Cl)cc2)c2ccc(Cl)cc2)cc1. The van der Waals surface area contributed by atoms with Crippen LogP contribution in [0.15, 0.2) is 97.1 Å². The van der Waals surface area contributed by atoms with Gasteiger partial charge in [-0.05, 0) is 0 Å². The zero-order chi connectivity index (χ0) is 21.4. The van der Waals surface area contributed by atoms with E-state index in [1.54, 1.807) is 0 Å². The van der Waals surface area contributed by atoms with Crippen molar-refractivity contribution in [2.24, 2.45) is 0 Å². The summed E-state index contributed by atoms with van der Waals surface area (Å²) in [7, 11) is 0. The zero-order valence-corrected chi connectivity index (χ0v) is 21.7. The van der Waals surface area contributed by atoms with Crippen molar-refractivity contribution in [3.8, 4) is 0 Å². The van der Waals surface area contributed by atoms with Crippen molar-refractivity contribution in [3.05, 3.63) is 117 Å². The van der Waals surface area contributed by atoms with Crippen LogP contribution < -0.4 is 21.2 Å². The van der Waals surface area contributed by atoms with Crippen LogP contribution in [-0.2, 0) is 0 Å². The Morgan fingerprint density at radius 3 is 0.700 bits per heavy atom. The van der Waals surface area contributed by atoms with Gasteiger partial charge in [0.1, 0.15) is 0 Å². The fourth-order valence-electron chi connectivity index (χ4n) is 3.78. The summed E-state index contributed by atoms with van der Waals surface area (Å²) in [6, 6.07) is 32.5. The average molecular weight is 604 g/mol. The number of hydrogen-bond acceptors (Lipinski definition) is 0. The van der Waals surface area contributed by atoms with Gasteiger partial charge in [-0.25, -0.2) is 0 Å². The van der Waals surface area contributed by atoms with E-state index in [0.717, 1.165) is 0 Å². The zero-order valence-electron chi connectivity index (χ0n) is 15.6. The van der Waals surface area contributed by atoms with Crippen molar-refractivity contribution in [2.75, 3.05) is 0 Å². The standard InChI is InChI=1S/C24H16Cl4IP/c25-17-1-9-21(10-2-17)30(29,22-11-3-18(26)4-12-22,23-13-5-19(27)6-14-23)24-15-7-20(28)8-16-24/h1-16H. The maximum atomic E-state index is 6.27. The second-order valence-electron chi connectivity index (χ2n) is 6.91. The van der Waals surface area contributed by atoms with Crippen molar-refractivity contribution in [3.63, 3.8) is 0 Å². The first-order valence-corrected chi connectivity index (χ1v) is 15.6. The van der Waals surface area contributed by atoms with Gasteiger partial charge in [-0.1, -0.05) is 0 Å². The Balaban J connectivity index is 2.20. The second-order valence-corrected chi connectivity index (χ2v) is 18.5. The molecule has 0 amide bonds. The van der Waals surface area contributed by atoms with Crippen LogP contribution in [0.2, 0.25) is 20.1 Å². The Morgan fingerprint density at radius 1 is 0.367 bits per heavy atom. The van der Waals surface area contributed by atoms with Gasteiger partial charge >= 0.3 is 211 Å². The molecule has 0 saturated heterocycles. The van der Waals surface area contributed by atoms with Crippen LogP contribution in [0.25, 0.3) is 0 Å². The molecule has 0 aliphatic rings. The van der Waals surface area contributed by atoms with Crippen LogP contribution in [0.3, 0.4) is 0 Å². The van der Waals surface area contributed by atoms with Gasteiger partial charge < -0.3 is 0 Å². The number of halogens is 5. The van der Waals surface area contributed by atoms with E-state index >= 15 is 0 Å². The van der Waals surface area contributed by atoms with Crippen molar-refractivity contribution in [2.45, 2.75) is 0 Å². The normalized spacial score (nSPS) is 12.9. The third-order valence-electron chi connectivity index (χ3n) is 5.25. The first kappa shape index (κ1) is 22.4. The molecule has 0 unspecified atom stereocenters. The first-order chi connectivity index (χ1) is 14.3. The molecule has 0 atom stereocenters. The van der Waals surface area contributed by atoms with Crippen LogP contribution in [0.1, 0.15) is 0 Å². The van der Waals surface area contributed by atoms with E-state index < -0.39 is 4.25 Å². The van der Waals surface area contributed by atoms with E-state index in [1.165, 1.54) is 21.2 Å². The molecule has 0 radical (unpaired) electrons. The summed E-state index contributed by atoms with van der Waals surface area (Å²) in [5.41, 5.74) is 0. The Labute approximate surface area is 209 Å². The van der Waals surface area contributed by atoms with E-state index in [2.05, 4.69) is 70.6 Å². The molecule has 0 bridgehead atoms. The molecular weight excluding hydrogens is 588 g/mol. The molecule has 30 heavy (non-hydrogen) atoms. The average Bonchev–Trinajstić information content (AvgIpc) is 2.75. The molecular formula is C24H16Cl4IP. The minimum absolute atomic E-state index is 0.698. The van der Waals surface area contributed by atoms with Gasteiger partial charge in [0.2, 0.25) is 0 Å². The van der Waals surface area contributed by atoms with Gasteiger partial charge in [-0.3, -0.25) is 0 Å². The quantitative estimate of drug-likeness (QED) is 0.165. The van der Waals surface area contributed by atoms with Crippen molar-refractivity contribution >= 4 is 93.9 Å². The maximum absolute atomic E-state index is 6.27. The Hall–Kier alpha value is -0.800. The molecule has 0 nitrogen and oxygen atoms in total. The molecule has 6 heteroatoms. The first-order valence-electron chi connectivity index (χ1n) is 9.10. The number of rotatable bonds is 4. The van der Waals surface area contributed by atoms with Crippen molar-refractivity contribution < 1.29 is 0 Å². The predicted molar refractivity (Wildman–Crippen MR) is 145 cm³/mol. The Kier molecular flexibility index (Phi) is 6.43. The Bertz CT molecular complexity index is 979. The van der Waals surface area contributed by atoms with Crippen LogP contribution in [-0.4, -0.2) is 0 Å². The summed E-state index contributed by atoms with van der Waals surface area (Å²) >= 11 is 27.7. The van der Waals surface area contributed by atoms with Crippen molar-refractivity contribution in [1.82, 2.24) is 0 Å². The van der Waals surface area contributed by atoms with E-state index in [-0.39, 0.29) is 0 Å². The second kappa shape index (κ2) is 8.62. The fraction of sp³-hybridized carbons (Fsp3) is 0. The monoisotopic (exact) mass is 602 g/mol. The van der Waals surface area contributed by atoms with Gasteiger partial charge in [0.15, 0.2) is 0 Å². The summed E-state index contributed by atoms with van der Waals surface area (Å²) in [5.74, 6) is 0. The molecule has 4 rings (SSSR count). The molecule has 0 fully saturated rings. The summed E-state index contributed by atoms with van der Waals surface area (Å²) in [6.07, 6.45) is 0. The van der Waals surface area contributed by atoms with Gasteiger partial charge in [-0.2, -0.15) is 0 Å². The fourth-order valence-corrected chi connectivity index (χ4v) is 12.8. The summed E-state index contributed by atoms with van der Waals surface area (Å²) in [6.45, 7) is 0. The molecule has 0 saturated carbocycles. The topological polar surface area (TPSA) is 0 Å². The van der Waals surface area contributed by atoms with Crippen LogP contribution in [0.5, 0.6) is 0 Å². The molecule has 0 aliphatic heterocycles. The third kappa shape index (κ3) is 3.68. The van der Waals surface area contributed by atoms with E-state index in [9.17, 15) is 0 Å². The predicted octanol–water partition coefficient (Wildman–Crippen LogP) is 7.81. The number of hydrogen-bond donors (Lipinski definition) is 0. The molecule has 0 heterocycles. The molecule has 0 spiro atoms. The minimum atomic E-state index is -3.18. The van der Waals surface area contributed by atoms with E-state index in [0.29, 0.717) is 20.1 Å². The summed E-state index contributed by atoms with van der Waals surface area (Å²) in [5, 5.41) is 7.51. The van der Waals surface area contributed by atoms with E-state index in [4.69, 9.17) is 46.4 Å². The van der Waals surface area contributed by atoms with Crippen molar-refractivity contribution in [1.29, 1.82) is 0 Å². The summed E-state index contributed by atoms with van der Waals surface area (Å²) in [4.78, 5) is 0. The third-order valence-corrected chi connectivity index (χ3v) is 18.0. The molecule has 4 aromatic rings. The molecule has 0 N–H and O–H groups in total. The number of benzene rings is 4. The molecule has 152 valence electrons. The summed E-state index contributed by atoms with van der Waals surface area (Å²) < 4.78 is -3.18. The van der Waals surface area contributed by atoms with Crippen LogP contribution in [0.4, 0.5) is 0 Å². The molecule has 4 aromatic carbocycles. The van der Waals surface area contributed by atoms with Gasteiger partial charge in [-0.15, -0.1) is 0 Å². The van der Waals surface area contributed by atoms with Gasteiger partial charge in [0.05, 0.1) is 0 Å². The van der Waals surface area contributed by atoms with E-state index in [1.807, 2.05) is 48.5 Å². The van der Waals surface area contributed by atoms with Crippen LogP contribution >= 0.6 is 72.7 Å². The van der Waals surface area contributed by atoms with Gasteiger partial charge in [0.25, 0.3) is 0 Å². The van der Waals surface area contributed by atoms with Gasteiger partial charge in [0, 0.05) is 0 Å². The molecule has 0 aliphatic carbocycles. The van der Waals surface area contributed by atoms with Crippen LogP contribution in [0, 0.1) is 0 Å². The Morgan fingerprint density at radius 2 is 0.533 bits per heavy atom. The molecule has 0 aromatic heterocycles.